The number of nitrogens with zero attached hydrogens (tertiary/aromatic N) is 3. The predicted molar refractivity (Wildman–Crippen MR) is 151 cm³/mol. The number of ether oxygens (including phenoxy) is 1. The zero-order chi connectivity index (χ0) is 26.1. The van der Waals surface area contributed by atoms with Crippen LogP contribution < -0.4 is 15.0 Å². The molecule has 38 heavy (non-hydrogen) atoms. The van der Waals surface area contributed by atoms with Crippen molar-refractivity contribution in [2.45, 2.75) is 19.0 Å². The predicted octanol–water partition coefficient (Wildman–Crippen LogP) is 7.29. The molecule has 0 radical (unpaired) electrons. The van der Waals surface area contributed by atoms with E-state index in [0.717, 1.165) is 39.8 Å². The van der Waals surface area contributed by atoms with Crippen LogP contribution in [-0.4, -0.2) is 14.7 Å². The number of halogens is 1. The summed E-state index contributed by atoms with van der Waals surface area (Å²) in [5, 5.41) is 4.07. The van der Waals surface area contributed by atoms with Gasteiger partial charge in [-0.05, 0) is 97.5 Å². The van der Waals surface area contributed by atoms with Gasteiger partial charge in [-0.25, -0.2) is 4.39 Å². The Morgan fingerprint density at radius 3 is 2.45 bits per heavy atom. The van der Waals surface area contributed by atoms with Gasteiger partial charge in [0.15, 0.2) is 5.11 Å². The van der Waals surface area contributed by atoms with Crippen molar-refractivity contribution in [1.82, 2.24) is 14.9 Å². The summed E-state index contributed by atoms with van der Waals surface area (Å²) in [6.45, 7) is 2.02. The van der Waals surface area contributed by atoms with Crippen LogP contribution in [0, 0.1) is 12.7 Å². The molecule has 0 unspecified atom stereocenters. The Balaban J connectivity index is 1.40. The lowest BCUT2D eigenvalue weighted by Crippen LogP contribution is -2.30. The fourth-order valence-electron chi connectivity index (χ4n) is 4.90. The summed E-state index contributed by atoms with van der Waals surface area (Å²) in [5.74, 6) is 1.27. The maximum atomic E-state index is 14.2. The third-order valence-corrected chi connectivity index (χ3v) is 7.02. The van der Waals surface area contributed by atoms with Crippen molar-refractivity contribution in [3.05, 3.63) is 138 Å². The summed E-state index contributed by atoms with van der Waals surface area (Å²) in [4.78, 5) is 6.73. The molecule has 0 spiro atoms. The van der Waals surface area contributed by atoms with Crippen LogP contribution in [-0.2, 0) is 0 Å². The number of aromatic nitrogens is 2. The first-order valence-electron chi connectivity index (χ1n) is 12.4. The number of hydrogen-bond acceptors (Lipinski definition) is 3. The van der Waals surface area contributed by atoms with E-state index in [0.29, 0.717) is 5.11 Å². The molecule has 0 bridgehead atoms. The van der Waals surface area contributed by atoms with Gasteiger partial charge in [0.1, 0.15) is 23.4 Å². The molecule has 0 saturated carbocycles. The number of pyridine rings is 1. The largest absolute Gasteiger partial charge is 0.457 e. The Bertz CT molecular complexity index is 1590. The van der Waals surface area contributed by atoms with E-state index in [2.05, 4.69) is 15.2 Å². The van der Waals surface area contributed by atoms with E-state index in [1.165, 1.54) is 12.1 Å². The molecule has 3 aromatic carbocycles. The van der Waals surface area contributed by atoms with Crippen molar-refractivity contribution in [1.29, 1.82) is 0 Å². The molecule has 0 aliphatic carbocycles. The lowest BCUT2D eigenvalue weighted by molar-refractivity contribution is 0.479. The van der Waals surface area contributed by atoms with Crippen molar-refractivity contribution in [3.63, 3.8) is 0 Å². The van der Waals surface area contributed by atoms with Gasteiger partial charge in [-0.15, -0.1) is 0 Å². The quantitative estimate of drug-likeness (QED) is 0.238. The lowest BCUT2D eigenvalue weighted by atomic mass is 10.0. The molecule has 1 saturated heterocycles. The first-order chi connectivity index (χ1) is 18.6. The van der Waals surface area contributed by atoms with Crippen LogP contribution in [0.3, 0.4) is 0 Å². The van der Waals surface area contributed by atoms with Crippen molar-refractivity contribution >= 4 is 23.0 Å². The Labute approximate surface area is 226 Å². The highest BCUT2D eigenvalue weighted by Gasteiger charge is 2.42. The second kappa shape index (κ2) is 10.1. The summed E-state index contributed by atoms with van der Waals surface area (Å²) in [6, 6.07) is 31.8. The number of nitrogens with one attached hydrogen (secondary N) is 1. The fraction of sp³-hybridized carbons (Fsp3) is 0.0968. The summed E-state index contributed by atoms with van der Waals surface area (Å²) in [5.41, 5.74) is 4.55. The molecule has 188 valence electrons. The van der Waals surface area contributed by atoms with E-state index in [1.807, 2.05) is 103 Å². The number of rotatable bonds is 6. The topological polar surface area (TPSA) is 42.3 Å². The number of para-hydroxylation sites is 1. The van der Waals surface area contributed by atoms with Crippen LogP contribution in [0.4, 0.5) is 10.1 Å². The van der Waals surface area contributed by atoms with Gasteiger partial charge < -0.3 is 19.5 Å². The SMILES string of the molecule is Cc1ccccc1Oc1ccc(N2C(=S)N[C@@H](c3ccccn3)[C@H]2c2cccn2-c2cccc(F)c2)cc1. The van der Waals surface area contributed by atoms with Gasteiger partial charge in [-0.1, -0.05) is 30.3 Å². The minimum Gasteiger partial charge on any atom is -0.457 e. The second-order valence-electron chi connectivity index (χ2n) is 9.14. The maximum Gasteiger partial charge on any atom is 0.174 e. The molecule has 7 heteroatoms. The highest BCUT2D eigenvalue weighted by molar-refractivity contribution is 7.80. The Kier molecular flexibility index (Phi) is 6.35. The fourth-order valence-corrected chi connectivity index (χ4v) is 5.25. The molecular formula is C31H25FN4OS. The van der Waals surface area contributed by atoms with Crippen LogP contribution in [0.1, 0.15) is 29.0 Å². The van der Waals surface area contributed by atoms with Gasteiger partial charge >= 0.3 is 0 Å². The smallest absolute Gasteiger partial charge is 0.174 e. The first kappa shape index (κ1) is 23.9. The molecule has 5 aromatic rings. The van der Waals surface area contributed by atoms with E-state index in [1.54, 1.807) is 12.3 Å². The van der Waals surface area contributed by atoms with Gasteiger partial charge in [0, 0.05) is 29.5 Å². The first-order valence-corrected chi connectivity index (χ1v) is 12.8. The molecule has 3 heterocycles. The van der Waals surface area contributed by atoms with Crippen LogP contribution in [0.5, 0.6) is 11.5 Å². The van der Waals surface area contributed by atoms with E-state index in [9.17, 15) is 4.39 Å². The van der Waals surface area contributed by atoms with Crippen molar-refractivity contribution < 1.29 is 9.13 Å². The molecule has 1 aliphatic heterocycles. The van der Waals surface area contributed by atoms with Crippen LogP contribution >= 0.6 is 12.2 Å². The number of aryl methyl sites for hydroxylation is 1. The maximum absolute atomic E-state index is 14.2. The molecule has 1 fully saturated rings. The van der Waals surface area contributed by atoms with Crippen molar-refractivity contribution in [2.75, 3.05) is 4.90 Å². The Morgan fingerprint density at radius 1 is 0.868 bits per heavy atom. The molecule has 1 aliphatic rings. The standard InChI is InChI=1S/C31H25FN4OS/c1-21-8-2-3-13-28(21)37-25-16-14-23(15-17-25)36-30(29(34-31(36)38)26-11-4-5-18-33-26)27-12-7-19-35(27)24-10-6-9-22(32)20-24/h2-20,29-30H,1H3,(H,34,38)/t29-,30+/m0/s1. The third-order valence-electron chi connectivity index (χ3n) is 6.70. The minimum absolute atomic E-state index is 0.214. The number of hydrogen-bond donors (Lipinski definition) is 1. The van der Waals surface area contributed by atoms with E-state index in [4.69, 9.17) is 17.0 Å². The summed E-state index contributed by atoms with van der Waals surface area (Å²) in [6.07, 6.45) is 3.72. The van der Waals surface area contributed by atoms with Crippen molar-refractivity contribution in [2.24, 2.45) is 0 Å². The van der Waals surface area contributed by atoms with Crippen LogP contribution in [0.15, 0.2) is 116 Å². The zero-order valence-electron chi connectivity index (χ0n) is 20.7. The number of benzene rings is 3. The van der Waals surface area contributed by atoms with E-state index in [-0.39, 0.29) is 17.9 Å². The molecular weight excluding hydrogens is 495 g/mol. The highest BCUT2D eigenvalue weighted by Crippen LogP contribution is 2.42. The molecule has 5 nitrogen and oxygen atoms in total. The second-order valence-corrected chi connectivity index (χ2v) is 9.53. The van der Waals surface area contributed by atoms with Gasteiger partial charge in [0.25, 0.3) is 0 Å². The lowest BCUT2D eigenvalue weighted by Gasteiger charge is -2.29. The minimum atomic E-state index is -0.287. The van der Waals surface area contributed by atoms with Crippen LogP contribution in [0.25, 0.3) is 5.69 Å². The van der Waals surface area contributed by atoms with E-state index >= 15 is 0 Å². The molecule has 0 amide bonds. The third kappa shape index (κ3) is 4.53. The molecule has 6 rings (SSSR count). The van der Waals surface area contributed by atoms with E-state index < -0.39 is 0 Å². The number of anilines is 1. The average molecular weight is 521 g/mol. The zero-order valence-corrected chi connectivity index (χ0v) is 21.5. The highest BCUT2D eigenvalue weighted by atomic mass is 32.1. The monoisotopic (exact) mass is 520 g/mol. The molecule has 2 aromatic heterocycles. The van der Waals surface area contributed by atoms with Gasteiger partial charge in [-0.2, -0.15) is 0 Å². The summed E-state index contributed by atoms with van der Waals surface area (Å²) in [7, 11) is 0. The molecule has 2 atom stereocenters. The van der Waals surface area contributed by atoms with Gasteiger partial charge in [-0.3, -0.25) is 4.98 Å². The van der Waals surface area contributed by atoms with Gasteiger partial charge in [0.2, 0.25) is 0 Å². The Morgan fingerprint density at radius 2 is 1.68 bits per heavy atom. The van der Waals surface area contributed by atoms with Crippen LogP contribution in [0.2, 0.25) is 0 Å². The summed E-state index contributed by atoms with van der Waals surface area (Å²) < 4.78 is 22.3. The summed E-state index contributed by atoms with van der Waals surface area (Å²) >= 11 is 5.87. The van der Waals surface area contributed by atoms with Gasteiger partial charge in [0.05, 0.1) is 11.7 Å². The van der Waals surface area contributed by atoms with Crippen molar-refractivity contribution in [3.8, 4) is 17.2 Å². The molecule has 1 N–H and O–H groups in total. The Hall–Kier alpha value is -4.49. The normalized spacial score (nSPS) is 16.9. The average Bonchev–Trinajstić information content (AvgIpc) is 3.55. The number of thiocarbonyl (C=S) groups is 1.